The number of hydrogen-bond donors (Lipinski definition) is 1. The third-order valence-electron chi connectivity index (χ3n) is 2.46. The Morgan fingerprint density at radius 2 is 2.05 bits per heavy atom. The number of phenolic OH excluding ortho intramolecular Hbond substituents is 1. The topological polar surface area (TPSA) is 46.5 Å². The third kappa shape index (κ3) is 3.54. The summed E-state index contributed by atoms with van der Waals surface area (Å²) in [5, 5.41) is 9.26. The lowest BCUT2D eigenvalue weighted by Gasteiger charge is -2.07. The summed E-state index contributed by atoms with van der Waals surface area (Å²) in [6, 6.07) is 10.0. The highest BCUT2D eigenvalue weighted by Crippen LogP contribution is 2.19. The number of benzene rings is 2. The maximum absolute atomic E-state index is 12.9. The number of esters is 1. The molecule has 2 aromatic rings. The predicted octanol–water partition coefficient (Wildman–Crippen LogP) is 3.65. The van der Waals surface area contributed by atoms with Crippen LogP contribution in [0, 0.1) is 5.82 Å². The van der Waals surface area contributed by atoms with Crippen molar-refractivity contribution in [2.45, 2.75) is 6.61 Å². The summed E-state index contributed by atoms with van der Waals surface area (Å²) in [5.41, 5.74) is 0.924. The fourth-order valence-electron chi connectivity index (χ4n) is 1.50. The van der Waals surface area contributed by atoms with E-state index in [0.717, 1.165) is 0 Å². The molecule has 2 aromatic carbocycles. The fraction of sp³-hybridized carbons (Fsp3) is 0.0714. The molecular weight excluding hydrogens is 315 g/mol. The van der Waals surface area contributed by atoms with Gasteiger partial charge in [-0.05, 0) is 30.3 Å². The lowest BCUT2D eigenvalue weighted by molar-refractivity contribution is 0.0471. The molecule has 0 saturated heterocycles. The lowest BCUT2D eigenvalue weighted by Crippen LogP contribution is -2.05. The molecule has 0 unspecified atom stereocenters. The molecule has 0 aliphatic carbocycles. The average molecular weight is 325 g/mol. The van der Waals surface area contributed by atoms with Crippen LogP contribution in [0.1, 0.15) is 15.9 Å². The van der Waals surface area contributed by atoms with Gasteiger partial charge in [0.2, 0.25) is 0 Å². The van der Waals surface area contributed by atoms with E-state index >= 15 is 0 Å². The van der Waals surface area contributed by atoms with E-state index in [4.69, 9.17) is 4.74 Å². The highest BCUT2D eigenvalue weighted by molar-refractivity contribution is 9.10. The van der Waals surface area contributed by atoms with Gasteiger partial charge < -0.3 is 9.84 Å². The first-order valence-corrected chi connectivity index (χ1v) is 6.25. The largest absolute Gasteiger partial charge is 0.508 e. The van der Waals surface area contributed by atoms with Crippen LogP contribution in [0.25, 0.3) is 0 Å². The minimum absolute atomic E-state index is 0.00240. The number of rotatable bonds is 3. The van der Waals surface area contributed by atoms with Crippen LogP contribution < -0.4 is 0 Å². The minimum atomic E-state index is -0.549. The van der Waals surface area contributed by atoms with Gasteiger partial charge in [-0.15, -0.1) is 0 Å². The molecule has 2 rings (SSSR count). The van der Waals surface area contributed by atoms with E-state index in [0.29, 0.717) is 10.0 Å². The standard InChI is InChI=1S/C14H10BrFO3/c15-13-7-11(16)5-4-10(13)8-19-14(18)9-2-1-3-12(17)6-9/h1-7,17H,8H2. The molecule has 0 amide bonds. The van der Waals surface area contributed by atoms with Crippen molar-refractivity contribution in [1.29, 1.82) is 0 Å². The molecular formula is C14H10BrFO3. The number of hydrogen-bond acceptors (Lipinski definition) is 3. The van der Waals surface area contributed by atoms with Crippen LogP contribution in [0.2, 0.25) is 0 Å². The van der Waals surface area contributed by atoms with E-state index in [9.17, 15) is 14.3 Å². The van der Waals surface area contributed by atoms with Crippen molar-refractivity contribution in [1.82, 2.24) is 0 Å². The summed E-state index contributed by atoms with van der Waals surface area (Å²) in [5.74, 6) is -0.917. The Bertz CT molecular complexity index is 613. The number of carbonyl (C=O) groups is 1. The average Bonchev–Trinajstić information content (AvgIpc) is 2.37. The van der Waals surface area contributed by atoms with Crippen LogP contribution in [0.15, 0.2) is 46.9 Å². The van der Waals surface area contributed by atoms with Gasteiger partial charge in [0.05, 0.1) is 5.56 Å². The molecule has 0 bridgehead atoms. The van der Waals surface area contributed by atoms with E-state index in [-0.39, 0.29) is 23.7 Å². The zero-order valence-electron chi connectivity index (χ0n) is 9.77. The van der Waals surface area contributed by atoms with E-state index in [2.05, 4.69) is 15.9 Å². The van der Waals surface area contributed by atoms with E-state index < -0.39 is 5.97 Å². The van der Waals surface area contributed by atoms with Crippen molar-refractivity contribution in [2.24, 2.45) is 0 Å². The number of ether oxygens (including phenoxy) is 1. The maximum atomic E-state index is 12.9. The predicted molar refractivity (Wildman–Crippen MR) is 71.3 cm³/mol. The van der Waals surface area contributed by atoms with Crippen molar-refractivity contribution >= 4 is 21.9 Å². The highest BCUT2D eigenvalue weighted by atomic mass is 79.9. The molecule has 0 heterocycles. The van der Waals surface area contributed by atoms with Gasteiger partial charge in [0.1, 0.15) is 18.2 Å². The molecule has 3 nitrogen and oxygen atoms in total. The zero-order valence-corrected chi connectivity index (χ0v) is 11.4. The first-order chi connectivity index (χ1) is 9.06. The summed E-state index contributed by atoms with van der Waals surface area (Å²) >= 11 is 3.19. The van der Waals surface area contributed by atoms with Gasteiger partial charge in [0.15, 0.2) is 0 Å². The van der Waals surface area contributed by atoms with Crippen molar-refractivity contribution < 1.29 is 19.0 Å². The smallest absolute Gasteiger partial charge is 0.338 e. The second-order valence-electron chi connectivity index (χ2n) is 3.86. The van der Waals surface area contributed by atoms with Gasteiger partial charge in [-0.2, -0.15) is 0 Å². The lowest BCUT2D eigenvalue weighted by atomic mass is 10.2. The molecule has 0 atom stereocenters. The van der Waals surface area contributed by atoms with Gasteiger partial charge in [0, 0.05) is 10.0 Å². The molecule has 0 spiro atoms. The Labute approximate surface area is 117 Å². The van der Waals surface area contributed by atoms with Gasteiger partial charge in [-0.25, -0.2) is 9.18 Å². The van der Waals surface area contributed by atoms with Gasteiger partial charge >= 0.3 is 5.97 Å². The van der Waals surface area contributed by atoms with Crippen LogP contribution in [0.4, 0.5) is 4.39 Å². The second kappa shape index (κ2) is 5.84. The summed E-state index contributed by atoms with van der Waals surface area (Å²) in [6.07, 6.45) is 0. The Morgan fingerprint density at radius 3 is 2.74 bits per heavy atom. The van der Waals surface area contributed by atoms with Crippen molar-refractivity contribution in [3.63, 3.8) is 0 Å². The molecule has 19 heavy (non-hydrogen) atoms. The van der Waals surface area contributed by atoms with Crippen LogP contribution in [-0.2, 0) is 11.3 Å². The van der Waals surface area contributed by atoms with Gasteiger partial charge in [0.25, 0.3) is 0 Å². The fourth-order valence-corrected chi connectivity index (χ4v) is 1.96. The second-order valence-corrected chi connectivity index (χ2v) is 4.72. The summed E-state index contributed by atoms with van der Waals surface area (Å²) in [7, 11) is 0. The Morgan fingerprint density at radius 1 is 1.26 bits per heavy atom. The summed E-state index contributed by atoms with van der Waals surface area (Å²) < 4.78 is 18.5. The number of halogens is 2. The quantitative estimate of drug-likeness (QED) is 0.876. The van der Waals surface area contributed by atoms with Crippen LogP contribution >= 0.6 is 15.9 Å². The highest BCUT2D eigenvalue weighted by Gasteiger charge is 2.09. The van der Waals surface area contributed by atoms with Crippen molar-refractivity contribution in [2.75, 3.05) is 0 Å². The molecule has 0 aliphatic rings. The first kappa shape index (κ1) is 13.5. The van der Waals surface area contributed by atoms with Crippen LogP contribution in [-0.4, -0.2) is 11.1 Å². The molecule has 0 aromatic heterocycles. The molecule has 0 saturated carbocycles. The first-order valence-electron chi connectivity index (χ1n) is 5.46. The van der Waals surface area contributed by atoms with E-state index in [1.54, 1.807) is 12.1 Å². The minimum Gasteiger partial charge on any atom is -0.508 e. The number of aromatic hydroxyl groups is 1. The SMILES string of the molecule is O=C(OCc1ccc(F)cc1Br)c1cccc(O)c1. The summed E-state index contributed by atoms with van der Waals surface area (Å²) in [4.78, 5) is 11.7. The molecule has 98 valence electrons. The van der Waals surface area contributed by atoms with Crippen molar-refractivity contribution in [3.8, 4) is 5.75 Å². The maximum Gasteiger partial charge on any atom is 0.338 e. The van der Waals surface area contributed by atoms with Crippen LogP contribution in [0.3, 0.4) is 0 Å². The van der Waals surface area contributed by atoms with E-state index in [1.165, 1.54) is 30.3 Å². The Kier molecular flexibility index (Phi) is 4.16. The Hall–Kier alpha value is -1.88. The molecule has 0 fully saturated rings. The number of carbonyl (C=O) groups excluding carboxylic acids is 1. The zero-order chi connectivity index (χ0) is 13.8. The van der Waals surface area contributed by atoms with Gasteiger partial charge in [-0.1, -0.05) is 28.1 Å². The normalized spacial score (nSPS) is 10.2. The molecule has 0 aliphatic heterocycles. The molecule has 5 heteroatoms. The molecule has 0 radical (unpaired) electrons. The van der Waals surface area contributed by atoms with E-state index in [1.807, 2.05) is 0 Å². The summed E-state index contributed by atoms with van der Waals surface area (Å²) in [6.45, 7) is 0.0232. The van der Waals surface area contributed by atoms with Gasteiger partial charge in [-0.3, -0.25) is 0 Å². The third-order valence-corrected chi connectivity index (χ3v) is 3.19. The Balaban J connectivity index is 2.04. The van der Waals surface area contributed by atoms with Crippen molar-refractivity contribution in [3.05, 3.63) is 63.9 Å². The van der Waals surface area contributed by atoms with Crippen LogP contribution in [0.5, 0.6) is 5.75 Å². The number of phenols is 1. The molecule has 1 N–H and O–H groups in total. The monoisotopic (exact) mass is 324 g/mol.